The zero-order valence-electron chi connectivity index (χ0n) is 13.1. The molecule has 0 spiro atoms. The Bertz CT molecular complexity index is 505. The standard InChI is InChI=1S/C16H24N2O2.ClH/c1-10-5-6-11(2)14(7-10)15-8-18(12(3)9-20-15)16(19)13(4)17;/h5-7,12-13,15H,8-9,17H2,1-4H3;1H/t12?,13-,15?;/m0./s1. The first-order chi connectivity index (χ1) is 9.40. The van der Waals surface area contributed by atoms with Crippen molar-refractivity contribution in [1.29, 1.82) is 0 Å². The highest BCUT2D eigenvalue weighted by molar-refractivity contribution is 5.85. The van der Waals surface area contributed by atoms with Gasteiger partial charge in [0, 0.05) is 0 Å². The molecule has 2 unspecified atom stereocenters. The van der Waals surface area contributed by atoms with Crippen LogP contribution in [0.25, 0.3) is 0 Å². The number of morpholine rings is 1. The van der Waals surface area contributed by atoms with E-state index in [1.807, 2.05) is 11.8 Å². The van der Waals surface area contributed by atoms with Gasteiger partial charge in [-0.15, -0.1) is 12.4 Å². The van der Waals surface area contributed by atoms with Crippen molar-refractivity contribution < 1.29 is 9.53 Å². The van der Waals surface area contributed by atoms with Crippen molar-refractivity contribution in [3.8, 4) is 0 Å². The van der Waals surface area contributed by atoms with Gasteiger partial charge in [-0.05, 0) is 38.8 Å². The first-order valence-electron chi connectivity index (χ1n) is 7.15. The van der Waals surface area contributed by atoms with Gasteiger partial charge >= 0.3 is 0 Å². The lowest BCUT2D eigenvalue weighted by Gasteiger charge is -2.39. The van der Waals surface area contributed by atoms with Crippen molar-refractivity contribution in [2.24, 2.45) is 5.73 Å². The van der Waals surface area contributed by atoms with E-state index in [2.05, 4.69) is 32.0 Å². The first-order valence-corrected chi connectivity index (χ1v) is 7.15. The van der Waals surface area contributed by atoms with Crippen LogP contribution in [0.15, 0.2) is 18.2 Å². The summed E-state index contributed by atoms with van der Waals surface area (Å²) >= 11 is 0. The highest BCUT2D eigenvalue weighted by atomic mass is 35.5. The van der Waals surface area contributed by atoms with Gasteiger partial charge in [0.25, 0.3) is 0 Å². The lowest BCUT2D eigenvalue weighted by Crippen LogP contribution is -2.52. The van der Waals surface area contributed by atoms with Crippen LogP contribution in [-0.2, 0) is 9.53 Å². The molecule has 1 aliphatic heterocycles. The van der Waals surface area contributed by atoms with Crippen LogP contribution in [0.3, 0.4) is 0 Å². The Kier molecular flexibility index (Phi) is 6.20. The minimum atomic E-state index is -0.463. The van der Waals surface area contributed by atoms with Crippen molar-refractivity contribution in [1.82, 2.24) is 4.90 Å². The van der Waals surface area contributed by atoms with Gasteiger partial charge in [0.2, 0.25) is 5.91 Å². The number of aryl methyl sites for hydroxylation is 2. The number of halogens is 1. The summed E-state index contributed by atoms with van der Waals surface area (Å²) in [7, 11) is 0. The number of hydrogen-bond acceptors (Lipinski definition) is 3. The summed E-state index contributed by atoms with van der Waals surface area (Å²) in [6, 6.07) is 5.95. The van der Waals surface area contributed by atoms with Crippen LogP contribution in [-0.4, -0.2) is 36.0 Å². The number of nitrogens with zero attached hydrogens (tertiary/aromatic N) is 1. The summed E-state index contributed by atoms with van der Waals surface area (Å²) in [6.45, 7) is 9.01. The third-order valence-electron chi connectivity index (χ3n) is 3.89. The number of hydrogen-bond donors (Lipinski definition) is 1. The highest BCUT2D eigenvalue weighted by Crippen LogP contribution is 2.28. The minimum Gasteiger partial charge on any atom is -0.370 e. The second kappa shape index (κ2) is 7.25. The minimum absolute atomic E-state index is 0. The van der Waals surface area contributed by atoms with Gasteiger partial charge in [-0.25, -0.2) is 0 Å². The molecule has 1 heterocycles. The Hall–Kier alpha value is -1.10. The lowest BCUT2D eigenvalue weighted by molar-refractivity contribution is -0.145. The average molecular weight is 313 g/mol. The molecular weight excluding hydrogens is 288 g/mol. The second-order valence-electron chi connectivity index (χ2n) is 5.81. The number of benzene rings is 1. The van der Waals surface area contributed by atoms with E-state index < -0.39 is 6.04 Å². The third-order valence-corrected chi connectivity index (χ3v) is 3.89. The molecule has 21 heavy (non-hydrogen) atoms. The van der Waals surface area contributed by atoms with Crippen molar-refractivity contribution in [3.63, 3.8) is 0 Å². The normalized spacial score (nSPS) is 23.4. The molecule has 1 amide bonds. The van der Waals surface area contributed by atoms with Crippen molar-refractivity contribution in [2.45, 2.75) is 45.9 Å². The molecule has 0 bridgehead atoms. The van der Waals surface area contributed by atoms with E-state index in [0.29, 0.717) is 13.2 Å². The predicted octanol–water partition coefficient (Wildman–Crippen LogP) is 2.36. The number of carbonyl (C=O) groups excluding carboxylic acids is 1. The quantitative estimate of drug-likeness (QED) is 0.912. The van der Waals surface area contributed by atoms with Crippen LogP contribution >= 0.6 is 12.4 Å². The smallest absolute Gasteiger partial charge is 0.239 e. The summed E-state index contributed by atoms with van der Waals surface area (Å²) in [4.78, 5) is 14.0. The predicted molar refractivity (Wildman–Crippen MR) is 86.7 cm³/mol. The number of rotatable bonds is 2. The Morgan fingerprint density at radius 3 is 2.71 bits per heavy atom. The maximum Gasteiger partial charge on any atom is 0.239 e. The fourth-order valence-electron chi connectivity index (χ4n) is 2.62. The molecule has 0 saturated carbocycles. The molecule has 1 aromatic carbocycles. The van der Waals surface area contributed by atoms with Crippen molar-refractivity contribution in [3.05, 3.63) is 34.9 Å². The maximum absolute atomic E-state index is 12.2. The van der Waals surface area contributed by atoms with E-state index in [0.717, 1.165) is 0 Å². The number of ether oxygens (including phenoxy) is 1. The summed E-state index contributed by atoms with van der Waals surface area (Å²) in [5.74, 6) is -0.00361. The Labute approximate surface area is 133 Å². The van der Waals surface area contributed by atoms with E-state index in [9.17, 15) is 4.79 Å². The zero-order chi connectivity index (χ0) is 14.9. The molecule has 0 aliphatic carbocycles. The molecule has 2 rings (SSSR count). The van der Waals surface area contributed by atoms with Gasteiger partial charge in [-0.2, -0.15) is 0 Å². The summed E-state index contributed by atoms with van der Waals surface area (Å²) in [5, 5.41) is 0. The largest absolute Gasteiger partial charge is 0.370 e. The molecule has 4 nitrogen and oxygen atoms in total. The summed E-state index contributed by atoms with van der Waals surface area (Å²) in [6.07, 6.45) is -0.0613. The van der Waals surface area contributed by atoms with Gasteiger partial charge in [0.15, 0.2) is 0 Å². The fraction of sp³-hybridized carbons (Fsp3) is 0.562. The summed E-state index contributed by atoms with van der Waals surface area (Å²) < 4.78 is 5.94. The van der Waals surface area contributed by atoms with Gasteiger partial charge in [0.1, 0.15) is 6.10 Å². The Balaban J connectivity index is 0.00000220. The van der Waals surface area contributed by atoms with Gasteiger partial charge < -0.3 is 15.4 Å². The topological polar surface area (TPSA) is 55.6 Å². The van der Waals surface area contributed by atoms with E-state index >= 15 is 0 Å². The fourth-order valence-corrected chi connectivity index (χ4v) is 2.62. The van der Waals surface area contributed by atoms with E-state index in [1.165, 1.54) is 16.7 Å². The second-order valence-corrected chi connectivity index (χ2v) is 5.81. The van der Waals surface area contributed by atoms with Gasteiger partial charge in [-0.1, -0.05) is 23.8 Å². The Morgan fingerprint density at radius 1 is 1.43 bits per heavy atom. The average Bonchev–Trinajstić information content (AvgIpc) is 2.41. The molecule has 2 N–H and O–H groups in total. The highest BCUT2D eigenvalue weighted by Gasteiger charge is 2.32. The Morgan fingerprint density at radius 2 is 2.10 bits per heavy atom. The summed E-state index contributed by atoms with van der Waals surface area (Å²) in [5.41, 5.74) is 9.31. The molecular formula is C16H25ClN2O2. The molecule has 1 saturated heterocycles. The van der Waals surface area contributed by atoms with E-state index in [1.54, 1.807) is 6.92 Å². The van der Waals surface area contributed by atoms with Crippen LogP contribution in [0.5, 0.6) is 0 Å². The van der Waals surface area contributed by atoms with E-state index in [4.69, 9.17) is 10.5 Å². The van der Waals surface area contributed by atoms with Crippen LogP contribution in [0.1, 0.15) is 36.6 Å². The van der Waals surface area contributed by atoms with Crippen molar-refractivity contribution >= 4 is 18.3 Å². The molecule has 0 radical (unpaired) electrons. The maximum atomic E-state index is 12.2. The number of nitrogens with two attached hydrogens (primary N) is 1. The van der Waals surface area contributed by atoms with E-state index in [-0.39, 0.29) is 30.5 Å². The number of carbonyl (C=O) groups is 1. The SMILES string of the molecule is Cc1ccc(C)c(C2CN(C(=O)[C@H](C)N)C(C)CO2)c1.Cl. The molecule has 1 fully saturated rings. The van der Waals surface area contributed by atoms with Gasteiger partial charge in [-0.3, -0.25) is 4.79 Å². The third kappa shape index (κ3) is 3.96. The molecule has 1 aliphatic rings. The van der Waals surface area contributed by atoms with Crippen LogP contribution < -0.4 is 5.73 Å². The molecule has 0 aromatic heterocycles. The molecule has 1 aromatic rings. The van der Waals surface area contributed by atoms with Crippen LogP contribution in [0.4, 0.5) is 0 Å². The zero-order valence-corrected chi connectivity index (χ0v) is 13.9. The van der Waals surface area contributed by atoms with Crippen LogP contribution in [0, 0.1) is 13.8 Å². The number of amides is 1. The molecule has 5 heteroatoms. The van der Waals surface area contributed by atoms with Crippen LogP contribution in [0.2, 0.25) is 0 Å². The van der Waals surface area contributed by atoms with Crippen molar-refractivity contribution in [2.75, 3.05) is 13.2 Å². The monoisotopic (exact) mass is 312 g/mol. The molecule has 3 atom stereocenters. The lowest BCUT2D eigenvalue weighted by atomic mass is 9.98. The first kappa shape index (κ1) is 18.0. The van der Waals surface area contributed by atoms with Gasteiger partial charge in [0.05, 0.1) is 25.2 Å². The molecule has 118 valence electrons.